The Morgan fingerprint density at radius 1 is 1.30 bits per heavy atom. The summed E-state index contributed by atoms with van der Waals surface area (Å²) in [4.78, 5) is 23.2. The summed E-state index contributed by atoms with van der Waals surface area (Å²) in [5.74, 6) is 0.505. The second-order valence-corrected chi connectivity index (χ2v) is 5.37. The van der Waals surface area contributed by atoms with E-state index in [9.17, 15) is 9.59 Å². The molecule has 7 heteroatoms. The Bertz CT molecular complexity index is 758. The summed E-state index contributed by atoms with van der Waals surface area (Å²) in [6, 6.07) is 8.22. The number of benzene rings is 1. The van der Waals surface area contributed by atoms with E-state index in [1.54, 1.807) is 44.6 Å². The van der Waals surface area contributed by atoms with Gasteiger partial charge in [-0.2, -0.15) is 0 Å². The van der Waals surface area contributed by atoms with Gasteiger partial charge >= 0.3 is 0 Å². The minimum Gasteiger partial charge on any atom is -0.495 e. The van der Waals surface area contributed by atoms with Crippen molar-refractivity contribution < 1.29 is 9.53 Å². The van der Waals surface area contributed by atoms with Gasteiger partial charge < -0.3 is 19.9 Å². The van der Waals surface area contributed by atoms with Gasteiger partial charge in [-0.15, -0.1) is 0 Å². The van der Waals surface area contributed by atoms with Gasteiger partial charge in [-0.3, -0.25) is 9.59 Å². The minimum absolute atomic E-state index is 0.127. The highest BCUT2D eigenvalue weighted by Gasteiger charge is 2.06. The van der Waals surface area contributed by atoms with Crippen molar-refractivity contribution in [2.75, 3.05) is 24.3 Å². The van der Waals surface area contributed by atoms with Gasteiger partial charge in [0, 0.05) is 37.3 Å². The molecule has 2 N–H and O–H groups in total. The maximum Gasteiger partial charge on any atom is 0.250 e. The number of ether oxygens (including phenoxy) is 1. The Hall–Kier alpha value is -2.47. The second-order valence-electron chi connectivity index (χ2n) is 4.94. The first-order chi connectivity index (χ1) is 11.0. The molecule has 0 spiro atoms. The molecule has 0 radical (unpaired) electrons. The fourth-order valence-electron chi connectivity index (χ4n) is 2.02. The number of halogens is 1. The monoisotopic (exact) mass is 335 g/mol. The van der Waals surface area contributed by atoms with Gasteiger partial charge in [0.15, 0.2) is 0 Å². The van der Waals surface area contributed by atoms with Crippen molar-refractivity contribution in [3.05, 3.63) is 51.9 Å². The number of carbonyl (C=O) groups is 1. The maximum absolute atomic E-state index is 11.9. The largest absolute Gasteiger partial charge is 0.495 e. The van der Waals surface area contributed by atoms with E-state index in [0.29, 0.717) is 23.0 Å². The van der Waals surface area contributed by atoms with E-state index in [1.807, 2.05) is 0 Å². The Balaban J connectivity index is 1.88. The number of rotatable bonds is 6. The molecular weight excluding hydrogens is 318 g/mol. The van der Waals surface area contributed by atoms with Crippen LogP contribution in [0.2, 0.25) is 5.02 Å². The normalized spacial score (nSPS) is 10.2. The molecule has 0 bridgehead atoms. The predicted molar refractivity (Wildman–Crippen MR) is 91.4 cm³/mol. The number of carbonyl (C=O) groups excluding carboxylic acids is 1. The van der Waals surface area contributed by atoms with Crippen molar-refractivity contribution in [2.24, 2.45) is 7.05 Å². The Morgan fingerprint density at radius 2 is 2.09 bits per heavy atom. The van der Waals surface area contributed by atoms with Crippen molar-refractivity contribution in [3.63, 3.8) is 0 Å². The molecule has 0 saturated heterocycles. The molecule has 23 heavy (non-hydrogen) atoms. The average Bonchev–Trinajstić information content (AvgIpc) is 2.51. The Labute approximate surface area is 139 Å². The van der Waals surface area contributed by atoms with Crippen molar-refractivity contribution in [1.29, 1.82) is 0 Å². The van der Waals surface area contributed by atoms with E-state index in [4.69, 9.17) is 16.3 Å². The minimum atomic E-state index is -0.155. The summed E-state index contributed by atoms with van der Waals surface area (Å²) < 4.78 is 6.63. The zero-order valence-electron chi connectivity index (χ0n) is 12.9. The van der Waals surface area contributed by atoms with Gasteiger partial charge in [-0.1, -0.05) is 11.6 Å². The number of aryl methyl sites for hydroxylation is 1. The van der Waals surface area contributed by atoms with E-state index in [-0.39, 0.29) is 17.9 Å². The lowest BCUT2D eigenvalue weighted by Crippen LogP contribution is -2.19. The zero-order chi connectivity index (χ0) is 16.8. The summed E-state index contributed by atoms with van der Waals surface area (Å²) in [6.07, 6.45) is 1.84. The molecule has 2 rings (SSSR count). The third-order valence-electron chi connectivity index (χ3n) is 3.20. The molecule has 1 heterocycles. The molecule has 0 fully saturated rings. The van der Waals surface area contributed by atoms with Crippen LogP contribution in [0.25, 0.3) is 0 Å². The van der Waals surface area contributed by atoms with Crippen molar-refractivity contribution >= 4 is 28.9 Å². The van der Waals surface area contributed by atoms with Crippen LogP contribution in [0.15, 0.2) is 41.3 Å². The quantitative estimate of drug-likeness (QED) is 0.850. The number of pyridine rings is 1. The first kappa shape index (κ1) is 16.9. The van der Waals surface area contributed by atoms with Crippen LogP contribution in [0, 0.1) is 0 Å². The lowest BCUT2D eigenvalue weighted by Gasteiger charge is -2.11. The zero-order valence-corrected chi connectivity index (χ0v) is 13.7. The number of aromatic nitrogens is 1. The van der Waals surface area contributed by atoms with Gasteiger partial charge in [-0.25, -0.2) is 0 Å². The SMILES string of the molecule is COc1ccc(Cl)cc1NCCC(=O)Nc1ccc(=O)n(C)c1. The third-order valence-corrected chi connectivity index (χ3v) is 3.43. The fourth-order valence-corrected chi connectivity index (χ4v) is 2.19. The molecule has 2 aromatic rings. The van der Waals surface area contributed by atoms with Crippen LogP contribution in [0.4, 0.5) is 11.4 Å². The van der Waals surface area contributed by atoms with Crippen molar-refractivity contribution in [2.45, 2.75) is 6.42 Å². The van der Waals surface area contributed by atoms with Gasteiger partial charge in [0.25, 0.3) is 0 Å². The average molecular weight is 336 g/mol. The van der Waals surface area contributed by atoms with E-state index in [0.717, 1.165) is 5.69 Å². The molecule has 0 aliphatic carbocycles. The van der Waals surface area contributed by atoms with Gasteiger partial charge in [-0.05, 0) is 24.3 Å². The molecule has 0 saturated carbocycles. The molecule has 1 aromatic heterocycles. The molecule has 0 aliphatic rings. The van der Waals surface area contributed by atoms with Crippen LogP contribution in [0.1, 0.15) is 6.42 Å². The fraction of sp³-hybridized carbons (Fsp3) is 0.250. The summed E-state index contributed by atoms with van der Waals surface area (Å²) in [7, 11) is 3.20. The molecule has 1 amide bonds. The van der Waals surface area contributed by atoms with Crippen LogP contribution >= 0.6 is 11.6 Å². The van der Waals surface area contributed by atoms with Crippen LogP contribution in [-0.4, -0.2) is 24.1 Å². The smallest absolute Gasteiger partial charge is 0.250 e. The number of hydrogen-bond donors (Lipinski definition) is 2. The second kappa shape index (κ2) is 7.69. The van der Waals surface area contributed by atoms with Gasteiger partial charge in [0.05, 0.1) is 18.5 Å². The Morgan fingerprint density at radius 3 is 2.78 bits per heavy atom. The Kier molecular flexibility index (Phi) is 5.65. The topological polar surface area (TPSA) is 72.4 Å². The highest BCUT2D eigenvalue weighted by atomic mass is 35.5. The van der Waals surface area contributed by atoms with E-state index in [1.165, 1.54) is 10.6 Å². The highest BCUT2D eigenvalue weighted by Crippen LogP contribution is 2.27. The molecule has 122 valence electrons. The summed E-state index contributed by atoms with van der Waals surface area (Å²) in [5.41, 5.74) is 1.19. The molecule has 0 unspecified atom stereocenters. The van der Waals surface area contributed by atoms with Gasteiger partial charge in [0.2, 0.25) is 11.5 Å². The number of hydrogen-bond acceptors (Lipinski definition) is 4. The van der Waals surface area contributed by atoms with E-state index >= 15 is 0 Å². The summed E-state index contributed by atoms with van der Waals surface area (Å²) in [5, 5.41) is 6.44. The van der Waals surface area contributed by atoms with Crippen molar-refractivity contribution in [3.8, 4) is 5.75 Å². The van der Waals surface area contributed by atoms with E-state index < -0.39 is 0 Å². The number of nitrogens with zero attached hydrogens (tertiary/aromatic N) is 1. The van der Waals surface area contributed by atoms with Crippen molar-refractivity contribution in [1.82, 2.24) is 4.57 Å². The van der Waals surface area contributed by atoms with Crippen LogP contribution < -0.4 is 20.9 Å². The lowest BCUT2D eigenvalue weighted by molar-refractivity contribution is -0.115. The number of nitrogens with one attached hydrogen (secondary N) is 2. The number of anilines is 2. The first-order valence-electron chi connectivity index (χ1n) is 7.03. The van der Waals surface area contributed by atoms with Gasteiger partial charge in [0.1, 0.15) is 5.75 Å². The number of amides is 1. The molecule has 1 aromatic carbocycles. The predicted octanol–water partition coefficient (Wildman–Crippen LogP) is 2.49. The number of methoxy groups -OCH3 is 1. The van der Waals surface area contributed by atoms with E-state index in [2.05, 4.69) is 10.6 Å². The van der Waals surface area contributed by atoms with Crippen LogP contribution in [0.3, 0.4) is 0 Å². The molecule has 0 atom stereocenters. The molecule has 0 aliphatic heterocycles. The summed E-state index contributed by atoms with van der Waals surface area (Å²) >= 11 is 5.95. The maximum atomic E-state index is 11.9. The summed E-state index contributed by atoms with van der Waals surface area (Å²) in [6.45, 7) is 0.425. The highest BCUT2D eigenvalue weighted by molar-refractivity contribution is 6.30. The standard InChI is InChI=1S/C16H18ClN3O3/c1-20-10-12(4-6-16(20)22)19-15(21)7-8-18-13-9-11(17)3-5-14(13)23-2/h3-6,9-10,18H,7-8H2,1-2H3,(H,19,21). The molecular formula is C16H18ClN3O3. The van der Waals surface area contributed by atoms with Crippen LogP contribution in [-0.2, 0) is 11.8 Å². The first-order valence-corrected chi connectivity index (χ1v) is 7.41. The van der Waals surface area contributed by atoms with Crippen LogP contribution in [0.5, 0.6) is 5.75 Å². The third kappa shape index (κ3) is 4.75. The lowest BCUT2D eigenvalue weighted by atomic mass is 10.2. The molecule has 6 nitrogen and oxygen atoms in total.